The highest BCUT2D eigenvalue weighted by atomic mass is 16.5. The van der Waals surface area contributed by atoms with Crippen LogP contribution in [-0.2, 0) is 6.61 Å². The fourth-order valence-corrected chi connectivity index (χ4v) is 6.60. The molecule has 0 bridgehead atoms. The largest absolute Gasteiger partial charge is 0.496 e. The molecule has 0 aliphatic heterocycles. The Labute approximate surface area is 337 Å². The van der Waals surface area contributed by atoms with E-state index in [1.165, 1.54) is 26.5 Å². The molecule has 0 saturated heterocycles. The Morgan fingerprint density at radius 3 is 1.56 bits per heavy atom. The number of methoxy groups -OCH3 is 2. The predicted octanol–water partition coefficient (Wildman–Crippen LogP) is 5.16. The summed E-state index contributed by atoms with van der Waals surface area (Å²) in [5, 5.41) is 38.5. The van der Waals surface area contributed by atoms with Gasteiger partial charge in [-0.2, -0.15) is 10.5 Å². The molecule has 0 saturated carbocycles. The predicted molar refractivity (Wildman–Crippen MR) is 214 cm³/mol. The maximum absolute atomic E-state index is 12.4. The summed E-state index contributed by atoms with van der Waals surface area (Å²) in [4.78, 5) is 53.9. The number of carboxylic acid groups (broad SMARTS) is 1. The van der Waals surface area contributed by atoms with Crippen LogP contribution in [0.25, 0.3) is 44.1 Å². The van der Waals surface area contributed by atoms with Gasteiger partial charge < -0.3 is 40.6 Å². The van der Waals surface area contributed by atoms with Crippen LogP contribution >= 0.6 is 0 Å². The minimum atomic E-state index is -1.23. The summed E-state index contributed by atoms with van der Waals surface area (Å²) >= 11 is 0. The highest BCUT2D eigenvalue weighted by Crippen LogP contribution is 2.44. The quantitative estimate of drug-likeness (QED) is 0.124. The molecule has 4 heterocycles. The van der Waals surface area contributed by atoms with Crippen molar-refractivity contribution in [3.05, 3.63) is 93.6 Å². The molecule has 6 N–H and O–H groups in total. The summed E-state index contributed by atoms with van der Waals surface area (Å²) < 4.78 is 22.2. The van der Waals surface area contributed by atoms with E-state index in [-0.39, 0.29) is 63.8 Å². The third-order valence-corrected chi connectivity index (χ3v) is 9.05. The molecule has 2 aromatic carbocycles. The van der Waals surface area contributed by atoms with Crippen LogP contribution in [0.2, 0.25) is 0 Å². The fourth-order valence-electron chi connectivity index (χ4n) is 6.60. The second kappa shape index (κ2) is 17.9. The van der Waals surface area contributed by atoms with Crippen molar-refractivity contribution in [1.82, 2.24) is 19.9 Å². The number of aryl methyl sites for hydroxylation is 2. The molecule has 6 aromatic rings. The van der Waals surface area contributed by atoms with Gasteiger partial charge in [-0.1, -0.05) is 0 Å². The van der Waals surface area contributed by atoms with E-state index in [9.17, 15) is 35.1 Å². The first-order valence-corrected chi connectivity index (χ1v) is 17.8. The molecule has 6 rings (SSSR count). The van der Waals surface area contributed by atoms with Gasteiger partial charge in [0.1, 0.15) is 17.1 Å². The molecular formula is C42H38N8O9. The van der Waals surface area contributed by atoms with Gasteiger partial charge in [-0.15, -0.1) is 0 Å². The first-order chi connectivity index (χ1) is 28.3. The maximum atomic E-state index is 12.4. The lowest BCUT2D eigenvalue weighted by molar-refractivity contribution is 0.0697. The van der Waals surface area contributed by atoms with E-state index in [0.717, 1.165) is 6.20 Å². The molecule has 0 spiro atoms. The Bertz CT molecular complexity index is 2760. The normalized spacial score (nSPS) is 10.5. The van der Waals surface area contributed by atoms with Crippen molar-refractivity contribution in [2.75, 3.05) is 27.4 Å². The number of aromatic carboxylic acids is 1. The van der Waals surface area contributed by atoms with Gasteiger partial charge in [0.15, 0.2) is 0 Å². The van der Waals surface area contributed by atoms with Crippen LogP contribution in [0, 0.1) is 36.5 Å². The van der Waals surface area contributed by atoms with E-state index in [1.807, 2.05) is 13.0 Å². The van der Waals surface area contributed by atoms with E-state index in [4.69, 9.17) is 30.4 Å². The number of aromatic nitrogens is 4. The summed E-state index contributed by atoms with van der Waals surface area (Å²) in [6, 6.07) is 13.6. The first kappa shape index (κ1) is 42.3. The lowest BCUT2D eigenvalue weighted by Crippen LogP contribution is -2.17. The van der Waals surface area contributed by atoms with Crippen molar-refractivity contribution < 1.29 is 43.5 Å². The zero-order valence-electron chi connectivity index (χ0n) is 32.8. The number of ether oxygens (including phenoxy) is 4. The molecule has 0 unspecified atom stereocenters. The lowest BCUT2D eigenvalue weighted by Gasteiger charge is -2.19. The number of carbonyl (C=O) groups excluding carboxylic acids is 2. The standard InChI is InChI=1S/C21H18N4O5.C21H20N4O4/c1-4-30-20-17-16(12-6-5-11(8-22)7-14(12)29-3)15(19(23)26)10(2)25-18(17)13(9-24-20)21(27)28;1-4-29-21-18-17(14-6-5-12(8-22)7-15(14)28-3)16(20(23)27)11(2)25-19(18)13(10-26)9-24-21/h5-7,9H,4H2,1-3H3,(H2,23,26)(H,27,28);5-7,9,26H,4,10H2,1-3H3,(H2,23,27). The molecule has 17 nitrogen and oxygen atoms in total. The molecule has 17 heteroatoms. The summed E-state index contributed by atoms with van der Waals surface area (Å²) in [5.41, 5.74) is 15.6. The average molecular weight is 799 g/mol. The maximum Gasteiger partial charge on any atom is 0.339 e. The van der Waals surface area contributed by atoms with Crippen molar-refractivity contribution >= 4 is 39.6 Å². The van der Waals surface area contributed by atoms with Gasteiger partial charge >= 0.3 is 5.97 Å². The van der Waals surface area contributed by atoms with E-state index < -0.39 is 17.8 Å². The third kappa shape index (κ3) is 8.04. The van der Waals surface area contributed by atoms with Crippen molar-refractivity contribution in [3.8, 4) is 57.7 Å². The average Bonchev–Trinajstić information content (AvgIpc) is 3.22. The first-order valence-electron chi connectivity index (χ1n) is 17.8. The highest BCUT2D eigenvalue weighted by molar-refractivity contribution is 6.15. The summed E-state index contributed by atoms with van der Waals surface area (Å²) in [7, 11) is 2.89. The molecule has 0 fully saturated rings. The van der Waals surface area contributed by atoms with Gasteiger partial charge in [-0.3, -0.25) is 19.6 Å². The SMILES string of the molecule is CCOc1ncc(C(=O)O)c2nc(C)c(C(N)=O)c(-c3ccc(C#N)cc3OC)c12.CCOc1ncc(CO)c2nc(C)c(C(N)=O)c(-c3ccc(C#N)cc3OC)c12. The Hall–Kier alpha value is -7.89. The third-order valence-electron chi connectivity index (χ3n) is 9.05. The second-order valence-electron chi connectivity index (χ2n) is 12.5. The number of nitriles is 2. The van der Waals surface area contributed by atoms with Crippen molar-refractivity contribution in [2.45, 2.75) is 34.3 Å². The minimum absolute atomic E-state index is 0.0794. The molecule has 0 radical (unpaired) electrons. The van der Waals surface area contributed by atoms with Crippen LogP contribution in [0.15, 0.2) is 48.8 Å². The molecule has 59 heavy (non-hydrogen) atoms. The van der Waals surface area contributed by atoms with Crippen LogP contribution < -0.4 is 30.4 Å². The van der Waals surface area contributed by atoms with Crippen LogP contribution in [-0.4, -0.2) is 75.4 Å². The number of carboxylic acids is 1. The number of hydrogen-bond donors (Lipinski definition) is 4. The summed E-state index contributed by atoms with van der Waals surface area (Å²) in [6.07, 6.45) is 2.65. The molecule has 300 valence electrons. The number of amides is 2. The Morgan fingerprint density at radius 2 is 1.17 bits per heavy atom. The lowest BCUT2D eigenvalue weighted by atomic mass is 9.92. The Balaban J connectivity index is 0.000000224. The van der Waals surface area contributed by atoms with Gasteiger partial charge in [0.2, 0.25) is 11.8 Å². The van der Waals surface area contributed by atoms with Crippen LogP contribution in [0.5, 0.6) is 23.3 Å². The summed E-state index contributed by atoms with van der Waals surface area (Å²) in [6.45, 7) is 7.08. The molecular weight excluding hydrogens is 761 g/mol. The number of nitrogens with zero attached hydrogens (tertiary/aromatic N) is 6. The zero-order valence-corrected chi connectivity index (χ0v) is 32.8. The fraction of sp³-hybridized carbons (Fsp3) is 0.214. The van der Waals surface area contributed by atoms with Crippen molar-refractivity contribution in [1.29, 1.82) is 10.5 Å². The van der Waals surface area contributed by atoms with E-state index in [1.54, 1.807) is 51.1 Å². The molecule has 0 aliphatic carbocycles. The number of benzene rings is 2. The van der Waals surface area contributed by atoms with Gasteiger partial charge in [0.05, 0.1) is 102 Å². The van der Waals surface area contributed by atoms with Crippen LogP contribution in [0.1, 0.15) is 73.0 Å². The van der Waals surface area contributed by atoms with Crippen molar-refractivity contribution in [2.24, 2.45) is 11.5 Å². The topological polar surface area (TPSA) is 280 Å². The number of pyridine rings is 4. The number of rotatable bonds is 12. The number of aliphatic hydroxyl groups is 1. The smallest absolute Gasteiger partial charge is 0.339 e. The Kier molecular flexibility index (Phi) is 12.8. The molecule has 0 atom stereocenters. The molecule has 0 aliphatic rings. The monoisotopic (exact) mass is 798 g/mol. The number of fused-ring (bicyclic) bond motifs is 2. The minimum Gasteiger partial charge on any atom is -0.496 e. The second-order valence-corrected chi connectivity index (χ2v) is 12.5. The van der Waals surface area contributed by atoms with Gasteiger partial charge in [-0.05, 0) is 64.1 Å². The van der Waals surface area contributed by atoms with Gasteiger partial charge in [0, 0.05) is 40.2 Å². The number of primary amides is 2. The van der Waals surface area contributed by atoms with E-state index >= 15 is 0 Å². The molecule has 2 amide bonds. The number of aliphatic hydroxyl groups excluding tert-OH is 1. The summed E-state index contributed by atoms with van der Waals surface area (Å²) in [5.74, 6) is -1.61. The number of carbonyl (C=O) groups is 3. The van der Waals surface area contributed by atoms with Crippen molar-refractivity contribution in [3.63, 3.8) is 0 Å². The molecule has 4 aromatic heterocycles. The van der Waals surface area contributed by atoms with E-state index in [2.05, 4.69) is 26.0 Å². The van der Waals surface area contributed by atoms with Crippen LogP contribution in [0.4, 0.5) is 0 Å². The Morgan fingerprint density at radius 1 is 0.729 bits per heavy atom. The number of nitrogens with two attached hydrogens (primary N) is 2. The van der Waals surface area contributed by atoms with Gasteiger partial charge in [0.25, 0.3) is 11.8 Å². The zero-order chi connectivity index (χ0) is 43.1. The van der Waals surface area contributed by atoms with Gasteiger partial charge in [-0.25, -0.2) is 14.8 Å². The van der Waals surface area contributed by atoms with Crippen LogP contribution in [0.3, 0.4) is 0 Å². The highest BCUT2D eigenvalue weighted by Gasteiger charge is 2.28. The number of hydrogen-bond acceptors (Lipinski definition) is 14. The van der Waals surface area contributed by atoms with E-state index in [0.29, 0.717) is 68.1 Å².